The molecule has 0 saturated carbocycles. The quantitative estimate of drug-likeness (QED) is 0.360. The first-order valence-corrected chi connectivity index (χ1v) is 13.8. The average molecular weight is 543 g/mol. The topological polar surface area (TPSA) is 120 Å². The molecular formula is C26H42N2O8S. The van der Waals surface area contributed by atoms with Crippen LogP contribution in [-0.4, -0.2) is 75.2 Å². The lowest BCUT2D eigenvalue weighted by molar-refractivity contribution is -0.0141. The van der Waals surface area contributed by atoms with Crippen molar-refractivity contribution in [1.29, 1.82) is 0 Å². The number of aryl methyl sites for hydroxylation is 1. The van der Waals surface area contributed by atoms with Crippen LogP contribution >= 0.6 is 0 Å². The first-order valence-electron chi connectivity index (χ1n) is 12.4. The minimum atomic E-state index is -4.06. The molecule has 0 aliphatic carbocycles. The van der Waals surface area contributed by atoms with Crippen molar-refractivity contribution in [2.24, 2.45) is 0 Å². The summed E-state index contributed by atoms with van der Waals surface area (Å²) in [4.78, 5) is 26.8. The van der Waals surface area contributed by atoms with E-state index in [2.05, 4.69) is 5.32 Å². The van der Waals surface area contributed by atoms with E-state index < -0.39 is 45.1 Å². The maximum Gasteiger partial charge on any atom is 0.410 e. The summed E-state index contributed by atoms with van der Waals surface area (Å²) in [6, 6.07) is 6.39. The van der Waals surface area contributed by atoms with Gasteiger partial charge in [-0.2, -0.15) is 8.42 Å². The molecule has 0 spiro atoms. The Morgan fingerprint density at radius 2 is 1.65 bits per heavy atom. The molecule has 0 aromatic heterocycles. The number of likely N-dealkylation sites (tertiary alicyclic amines) is 1. The van der Waals surface area contributed by atoms with Crippen molar-refractivity contribution in [3.05, 3.63) is 29.8 Å². The number of nitrogens with zero attached hydrogens (tertiary/aromatic N) is 1. The number of carbonyl (C=O) groups excluding carboxylic acids is 2. The smallest absolute Gasteiger partial charge is 0.410 e. The molecule has 210 valence electrons. The fraction of sp³-hybridized carbons (Fsp3) is 0.692. The summed E-state index contributed by atoms with van der Waals surface area (Å²) >= 11 is 0. The molecule has 0 radical (unpaired) electrons. The summed E-state index contributed by atoms with van der Waals surface area (Å²) < 4.78 is 48.0. The van der Waals surface area contributed by atoms with E-state index in [1.54, 1.807) is 53.7 Å². The summed E-state index contributed by atoms with van der Waals surface area (Å²) in [5.41, 5.74) is -1.33. The largest absolute Gasteiger partial charge is 0.444 e. The Bertz CT molecular complexity index is 1030. The molecule has 1 aliphatic heterocycles. The molecule has 37 heavy (non-hydrogen) atoms. The van der Waals surface area contributed by atoms with Gasteiger partial charge in [-0.3, -0.25) is 9.08 Å². The summed E-state index contributed by atoms with van der Waals surface area (Å²) in [6.07, 6.45) is -0.789. The van der Waals surface area contributed by atoms with E-state index >= 15 is 0 Å². The van der Waals surface area contributed by atoms with Crippen molar-refractivity contribution in [2.45, 2.75) is 95.5 Å². The molecule has 2 amide bonds. The summed E-state index contributed by atoms with van der Waals surface area (Å²) in [6.45, 7) is 13.0. The van der Waals surface area contributed by atoms with Gasteiger partial charge in [-0.1, -0.05) is 17.7 Å². The molecule has 1 saturated heterocycles. The fourth-order valence-electron chi connectivity index (χ4n) is 4.22. The van der Waals surface area contributed by atoms with E-state index in [-0.39, 0.29) is 24.5 Å². The molecule has 11 heteroatoms. The van der Waals surface area contributed by atoms with Crippen LogP contribution in [0, 0.1) is 6.92 Å². The van der Waals surface area contributed by atoms with E-state index in [1.807, 2.05) is 6.92 Å². The molecule has 1 N–H and O–H groups in total. The Labute approximate surface area is 221 Å². The number of benzene rings is 1. The number of hydrogen-bond donors (Lipinski definition) is 1. The molecule has 1 aromatic rings. The van der Waals surface area contributed by atoms with Crippen LogP contribution in [0.4, 0.5) is 9.59 Å². The maximum absolute atomic E-state index is 13.2. The van der Waals surface area contributed by atoms with Crippen molar-refractivity contribution < 1.29 is 36.4 Å². The minimum absolute atomic E-state index is 0.0167. The number of nitrogens with one attached hydrogen (secondary N) is 1. The highest BCUT2D eigenvalue weighted by Crippen LogP contribution is 2.38. The Morgan fingerprint density at radius 3 is 2.19 bits per heavy atom. The third kappa shape index (κ3) is 9.46. The van der Waals surface area contributed by atoms with Crippen LogP contribution in [0.2, 0.25) is 0 Å². The zero-order valence-electron chi connectivity index (χ0n) is 23.3. The van der Waals surface area contributed by atoms with Gasteiger partial charge in [0.1, 0.15) is 11.2 Å². The van der Waals surface area contributed by atoms with Crippen molar-refractivity contribution in [3.8, 4) is 0 Å². The zero-order chi connectivity index (χ0) is 28.1. The highest BCUT2D eigenvalue weighted by atomic mass is 32.2. The first-order chi connectivity index (χ1) is 17.0. The number of carbonyl (C=O) groups is 2. The van der Waals surface area contributed by atoms with Crippen LogP contribution < -0.4 is 5.32 Å². The van der Waals surface area contributed by atoms with Crippen molar-refractivity contribution in [2.75, 3.05) is 26.8 Å². The van der Waals surface area contributed by atoms with Crippen molar-refractivity contribution >= 4 is 22.3 Å². The average Bonchev–Trinajstić information content (AvgIpc) is 3.07. The monoisotopic (exact) mass is 542 g/mol. The molecule has 10 nitrogen and oxygen atoms in total. The zero-order valence-corrected chi connectivity index (χ0v) is 24.1. The number of hydrogen-bond acceptors (Lipinski definition) is 8. The van der Waals surface area contributed by atoms with Gasteiger partial charge in [-0.25, -0.2) is 9.59 Å². The molecule has 1 aromatic carbocycles. The molecule has 1 heterocycles. The summed E-state index contributed by atoms with van der Waals surface area (Å²) in [5, 5.41) is 2.72. The van der Waals surface area contributed by atoms with Crippen LogP contribution in [0.5, 0.6) is 0 Å². The number of methoxy groups -OCH3 is 1. The van der Waals surface area contributed by atoms with Gasteiger partial charge >= 0.3 is 12.2 Å². The highest BCUT2D eigenvalue weighted by Gasteiger charge is 2.50. The summed E-state index contributed by atoms with van der Waals surface area (Å²) in [7, 11) is -2.54. The van der Waals surface area contributed by atoms with Gasteiger partial charge in [0, 0.05) is 20.1 Å². The number of ether oxygens (including phenoxy) is 3. The van der Waals surface area contributed by atoms with Gasteiger partial charge in [0.05, 0.1) is 29.7 Å². The lowest BCUT2D eigenvalue weighted by Crippen LogP contribution is -2.52. The van der Waals surface area contributed by atoms with Gasteiger partial charge in [0.25, 0.3) is 10.1 Å². The third-order valence-electron chi connectivity index (χ3n) is 5.65. The normalized spacial score (nSPS) is 20.5. The lowest BCUT2D eigenvalue weighted by Gasteiger charge is -2.38. The third-order valence-corrected chi connectivity index (χ3v) is 7.03. The summed E-state index contributed by atoms with van der Waals surface area (Å²) in [5.74, 6) is 0. The van der Waals surface area contributed by atoms with E-state index in [0.29, 0.717) is 19.4 Å². The van der Waals surface area contributed by atoms with E-state index in [9.17, 15) is 18.0 Å². The molecule has 2 rings (SSSR count). The lowest BCUT2D eigenvalue weighted by atomic mass is 9.90. The minimum Gasteiger partial charge on any atom is -0.444 e. The molecule has 1 aliphatic rings. The molecule has 1 fully saturated rings. The number of amides is 2. The second-order valence-electron chi connectivity index (χ2n) is 11.5. The Balaban J connectivity index is 2.22. The second kappa shape index (κ2) is 12.0. The number of alkyl carbamates (subject to hydrolysis) is 1. The second-order valence-corrected chi connectivity index (χ2v) is 13.0. The van der Waals surface area contributed by atoms with E-state index in [4.69, 9.17) is 18.4 Å². The Morgan fingerprint density at radius 1 is 1.05 bits per heavy atom. The first kappa shape index (κ1) is 30.9. The molecule has 0 unspecified atom stereocenters. The van der Waals surface area contributed by atoms with Crippen LogP contribution in [0.25, 0.3) is 0 Å². The van der Waals surface area contributed by atoms with Crippen LogP contribution in [-0.2, 0) is 28.5 Å². The Hall–Kier alpha value is -2.37. The van der Waals surface area contributed by atoms with Crippen molar-refractivity contribution in [1.82, 2.24) is 10.2 Å². The van der Waals surface area contributed by atoms with E-state index in [1.165, 1.54) is 24.1 Å². The molecular weight excluding hydrogens is 500 g/mol. The SMILES string of the molecule is COC[C@]1(CCCNC(=O)OC(C)(C)C)C[C@@H](OS(=O)(=O)c2ccc(C)cc2)CN1C(=O)OC(C)(C)C. The van der Waals surface area contributed by atoms with Crippen LogP contribution in [0.1, 0.15) is 66.4 Å². The van der Waals surface area contributed by atoms with Crippen LogP contribution in [0.3, 0.4) is 0 Å². The Kier molecular flexibility index (Phi) is 10.0. The fourth-order valence-corrected chi connectivity index (χ4v) is 5.29. The highest BCUT2D eigenvalue weighted by molar-refractivity contribution is 7.86. The van der Waals surface area contributed by atoms with Crippen LogP contribution in [0.15, 0.2) is 29.2 Å². The predicted octanol–water partition coefficient (Wildman–Crippen LogP) is 4.40. The van der Waals surface area contributed by atoms with Gasteiger partial charge in [-0.15, -0.1) is 0 Å². The molecule has 0 bridgehead atoms. The maximum atomic E-state index is 13.2. The van der Waals surface area contributed by atoms with Gasteiger partial charge < -0.3 is 19.5 Å². The van der Waals surface area contributed by atoms with E-state index in [0.717, 1.165) is 5.56 Å². The van der Waals surface area contributed by atoms with Gasteiger partial charge in [-0.05, 0) is 73.4 Å². The van der Waals surface area contributed by atoms with Gasteiger partial charge in [0.2, 0.25) is 0 Å². The van der Waals surface area contributed by atoms with Gasteiger partial charge in [0.15, 0.2) is 0 Å². The predicted molar refractivity (Wildman–Crippen MR) is 139 cm³/mol. The number of rotatable bonds is 9. The van der Waals surface area contributed by atoms with Crippen molar-refractivity contribution in [3.63, 3.8) is 0 Å². The standard InChI is InChI=1S/C26H42N2O8S/c1-19-10-12-21(13-11-19)37(31,32)36-20-16-26(18-33-8,28(17-20)23(30)35-25(5,6)7)14-9-15-27-22(29)34-24(2,3)4/h10-13,20H,9,14-18H2,1-8H3,(H,27,29)/t20-,26+/m1/s1. The molecule has 2 atom stereocenters.